The summed E-state index contributed by atoms with van der Waals surface area (Å²) in [7, 11) is 0. The molecule has 0 spiro atoms. The van der Waals surface area contributed by atoms with Crippen LogP contribution in [0.25, 0.3) is 122 Å². The maximum Gasteiger partial charge on any atom is 0.194 e. The highest BCUT2D eigenvalue weighted by Gasteiger charge is 2.23. The molecule has 0 atom stereocenters. The molecule has 330 valence electrons. The van der Waals surface area contributed by atoms with E-state index >= 15 is 0 Å². The van der Waals surface area contributed by atoms with Gasteiger partial charge in [0.1, 0.15) is 0 Å². The van der Waals surface area contributed by atoms with E-state index in [1.165, 1.54) is 0 Å². The van der Waals surface area contributed by atoms with Gasteiger partial charge in [0.25, 0.3) is 0 Å². The summed E-state index contributed by atoms with van der Waals surface area (Å²) in [4.78, 5) is 25.3. The first kappa shape index (κ1) is 42.3. The molecule has 0 amide bonds. The molecule has 7 nitrogen and oxygen atoms in total. The van der Waals surface area contributed by atoms with Gasteiger partial charge in [0.2, 0.25) is 0 Å². The largest absolute Gasteiger partial charge is 0.308 e. The molecule has 0 unspecified atom stereocenters. The minimum atomic E-state index is 0.514. The lowest BCUT2D eigenvalue weighted by Gasteiger charge is -2.17. The smallest absolute Gasteiger partial charge is 0.194 e. The van der Waals surface area contributed by atoms with Crippen LogP contribution in [0.1, 0.15) is 5.56 Å². The molecule has 0 fully saturated rings. The maximum atomic E-state index is 10.3. The van der Waals surface area contributed by atoms with Crippen LogP contribution in [-0.4, -0.2) is 24.5 Å². The minimum Gasteiger partial charge on any atom is -0.308 e. The van der Waals surface area contributed by atoms with E-state index in [0.717, 1.165) is 106 Å². The summed E-state index contributed by atoms with van der Waals surface area (Å²) in [5.41, 5.74) is 15.9. The second kappa shape index (κ2) is 18.2. The highest BCUT2D eigenvalue weighted by molar-refractivity contribution is 6.12. The lowest BCUT2D eigenvalue weighted by molar-refractivity contribution is 1.13. The number of fused-ring (bicyclic) bond motifs is 3. The fourth-order valence-corrected chi connectivity index (χ4v) is 9.48. The van der Waals surface area contributed by atoms with Gasteiger partial charge in [-0.3, -0.25) is 0 Å². The van der Waals surface area contributed by atoms with Gasteiger partial charge in [-0.2, -0.15) is 5.26 Å². The monoisotopic (exact) mass is 905 g/mol. The van der Waals surface area contributed by atoms with Gasteiger partial charge >= 0.3 is 0 Å². The Balaban J connectivity index is 1.19. The molecule has 7 heteroatoms. The third-order valence-electron chi connectivity index (χ3n) is 12.9. The van der Waals surface area contributed by atoms with Crippen LogP contribution in [0.15, 0.2) is 237 Å². The van der Waals surface area contributed by atoms with Crippen LogP contribution in [0.4, 0.5) is 5.69 Å². The first-order valence-corrected chi connectivity index (χ1v) is 23.3. The Bertz CT molecular complexity index is 3830. The number of nitrogens with zero attached hydrogens (tertiary/aromatic N) is 7. The van der Waals surface area contributed by atoms with Crippen molar-refractivity contribution in [3.8, 4) is 102 Å². The van der Waals surface area contributed by atoms with Crippen LogP contribution in [0.2, 0.25) is 0 Å². The summed E-state index contributed by atoms with van der Waals surface area (Å²) >= 11 is 0. The molecule has 9 aromatic carbocycles. The van der Waals surface area contributed by atoms with E-state index in [4.69, 9.17) is 26.5 Å². The van der Waals surface area contributed by atoms with Crippen molar-refractivity contribution in [2.24, 2.45) is 0 Å². The Hall–Kier alpha value is -10.1. The molecule has 0 aliphatic rings. The van der Waals surface area contributed by atoms with Gasteiger partial charge in [0.05, 0.1) is 57.7 Å². The number of hydrogen-bond donors (Lipinski definition) is 0. The predicted octanol–water partition coefficient (Wildman–Crippen LogP) is 16.1. The SMILES string of the molecule is [C-]#[N+]c1ccccc1-c1ccc2c3ccc(-c4ccccc4C#N)cc3n(-c3ccc(-c4nc(-c5ccccc5)cc(-c5ccccc5)n4)cc3-c3nc(-c4ccccc4)cc(-c4ccccc4)n3)c2c1. The van der Waals surface area contributed by atoms with Crippen molar-refractivity contribution in [1.29, 1.82) is 5.26 Å². The van der Waals surface area contributed by atoms with Crippen LogP contribution in [0, 0.1) is 17.9 Å². The second-order valence-corrected chi connectivity index (χ2v) is 17.2. The summed E-state index contributed by atoms with van der Waals surface area (Å²) in [6, 6.07) is 81.9. The number of para-hydroxylation sites is 1. The Morgan fingerprint density at radius 2 is 0.789 bits per heavy atom. The molecule has 0 saturated carbocycles. The molecule has 12 aromatic rings. The summed E-state index contributed by atoms with van der Waals surface area (Å²) in [5.74, 6) is 1.07. The van der Waals surface area contributed by atoms with E-state index in [9.17, 15) is 5.26 Å². The number of benzene rings is 9. The van der Waals surface area contributed by atoms with Gasteiger partial charge in [-0.05, 0) is 70.8 Å². The number of nitriles is 1. The third-order valence-corrected chi connectivity index (χ3v) is 12.9. The Morgan fingerprint density at radius 3 is 1.28 bits per heavy atom. The maximum absolute atomic E-state index is 10.3. The van der Waals surface area contributed by atoms with Gasteiger partial charge < -0.3 is 4.57 Å². The quantitative estimate of drug-likeness (QED) is 0.135. The minimum absolute atomic E-state index is 0.514. The fraction of sp³-hybridized carbons (Fsp3) is 0. The van der Waals surface area contributed by atoms with Crippen molar-refractivity contribution in [3.05, 3.63) is 254 Å². The molecule has 0 radical (unpaired) electrons. The van der Waals surface area contributed by atoms with Crippen LogP contribution >= 0.6 is 0 Å². The summed E-state index contributed by atoms with van der Waals surface area (Å²) in [5, 5.41) is 12.3. The van der Waals surface area contributed by atoms with Crippen molar-refractivity contribution < 1.29 is 0 Å². The third kappa shape index (κ3) is 7.96. The van der Waals surface area contributed by atoms with E-state index in [-0.39, 0.29) is 0 Å². The first-order valence-electron chi connectivity index (χ1n) is 23.3. The van der Waals surface area contributed by atoms with Crippen LogP contribution in [0.3, 0.4) is 0 Å². The van der Waals surface area contributed by atoms with Gasteiger partial charge in [0, 0.05) is 44.2 Å². The second-order valence-electron chi connectivity index (χ2n) is 17.2. The topological polar surface area (TPSA) is 84.6 Å². The molecule has 0 N–H and O–H groups in total. The zero-order valence-corrected chi connectivity index (χ0v) is 38.1. The average Bonchev–Trinajstić information content (AvgIpc) is 3.78. The standard InChI is InChI=1S/C64H39N7/c1-66-55-29-17-16-28-51(55)47-31-34-53-52-33-30-46(50-27-15-14-26-49(50)41-65)37-61(52)71(62(53)38-47)60-35-32-48(63-67-56(42-18-6-2-7-19-42)39-57(68-63)43-20-8-3-9-21-43)36-54(60)64-69-58(44-22-10-4-11-23-44)40-59(70-64)45-24-12-5-13-25-45/h2-40H. The van der Waals surface area contributed by atoms with Crippen molar-refractivity contribution in [2.45, 2.75) is 0 Å². The van der Waals surface area contributed by atoms with E-state index < -0.39 is 0 Å². The molecule has 0 aliphatic heterocycles. The number of rotatable bonds is 9. The Morgan fingerprint density at radius 1 is 0.366 bits per heavy atom. The lowest BCUT2D eigenvalue weighted by Crippen LogP contribution is -2.03. The van der Waals surface area contributed by atoms with E-state index in [1.807, 2.05) is 127 Å². The van der Waals surface area contributed by atoms with Crippen LogP contribution < -0.4 is 0 Å². The molecule has 12 rings (SSSR count). The zero-order valence-electron chi connectivity index (χ0n) is 38.1. The van der Waals surface area contributed by atoms with Crippen molar-refractivity contribution >= 4 is 27.5 Å². The van der Waals surface area contributed by atoms with E-state index in [0.29, 0.717) is 22.9 Å². The summed E-state index contributed by atoms with van der Waals surface area (Å²) in [6.45, 7) is 8.07. The highest BCUT2D eigenvalue weighted by Crippen LogP contribution is 2.42. The molecule has 71 heavy (non-hydrogen) atoms. The molecule has 3 heterocycles. The molecule has 0 bridgehead atoms. The van der Waals surface area contributed by atoms with Gasteiger partial charge in [-0.25, -0.2) is 24.8 Å². The summed E-state index contributed by atoms with van der Waals surface area (Å²) in [6.07, 6.45) is 0. The molecular weight excluding hydrogens is 867 g/mol. The van der Waals surface area contributed by atoms with Crippen LogP contribution in [0.5, 0.6) is 0 Å². The van der Waals surface area contributed by atoms with E-state index in [2.05, 4.69) is 125 Å². The predicted molar refractivity (Wildman–Crippen MR) is 286 cm³/mol. The van der Waals surface area contributed by atoms with Gasteiger partial charge in [-0.15, -0.1) is 0 Å². The number of aromatic nitrogens is 5. The highest BCUT2D eigenvalue weighted by atomic mass is 15.0. The van der Waals surface area contributed by atoms with Gasteiger partial charge in [-0.1, -0.05) is 188 Å². The zero-order chi connectivity index (χ0) is 47.7. The first-order chi connectivity index (χ1) is 35.1. The average molecular weight is 906 g/mol. The Labute approximate surface area is 410 Å². The van der Waals surface area contributed by atoms with E-state index in [1.54, 1.807) is 0 Å². The van der Waals surface area contributed by atoms with Gasteiger partial charge in [0.15, 0.2) is 17.3 Å². The molecule has 3 aromatic heterocycles. The molecular formula is C64H39N7. The normalized spacial score (nSPS) is 11.1. The molecule has 0 saturated heterocycles. The number of hydrogen-bond acceptors (Lipinski definition) is 5. The van der Waals surface area contributed by atoms with Crippen LogP contribution in [-0.2, 0) is 0 Å². The Kier molecular flexibility index (Phi) is 10.8. The van der Waals surface area contributed by atoms with Crippen molar-refractivity contribution in [1.82, 2.24) is 24.5 Å². The van der Waals surface area contributed by atoms with Crippen molar-refractivity contribution in [2.75, 3.05) is 0 Å². The molecule has 0 aliphatic carbocycles. The fourth-order valence-electron chi connectivity index (χ4n) is 9.48. The summed E-state index contributed by atoms with van der Waals surface area (Å²) < 4.78 is 2.28. The lowest BCUT2D eigenvalue weighted by atomic mass is 9.98. The van der Waals surface area contributed by atoms with Crippen molar-refractivity contribution in [3.63, 3.8) is 0 Å².